The molecule has 0 bridgehead atoms. The van der Waals surface area contributed by atoms with Gasteiger partial charge in [0.15, 0.2) is 0 Å². The predicted octanol–water partition coefficient (Wildman–Crippen LogP) is 2.90. The highest BCUT2D eigenvalue weighted by molar-refractivity contribution is 5.40. The number of rotatable bonds is 8. The van der Waals surface area contributed by atoms with E-state index in [0.29, 0.717) is 24.5 Å². The molecule has 6 heteroatoms. The summed E-state index contributed by atoms with van der Waals surface area (Å²) in [7, 11) is 0. The number of nitro groups is 1. The molecule has 0 aliphatic carbocycles. The minimum Gasteiger partial charge on any atom is -0.494 e. The Kier molecular flexibility index (Phi) is 5.73. The number of nitrogens with two attached hydrogens (primary N) is 1. The first-order chi connectivity index (χ1) is 10.7. The van der Waals surface area contributed by atoms with Gasteiger partial charge in [0, 0.05) is 6.07 Å². The van der Waals surface area contributed by atoms with E-state index in [-0.39, 0.29) is 12.3 Å². The lowest BCUT2D eigenvalue weighted by molar-refractivity contribution is -0.385. The Morgan fingerprint density at radius 3 is 2.27 bits per heavy atom. The fourth-order valence-corrected chi connectivity index (χ4v) is 1.88. The van der Waals surface area contributed by atoms with Crippen LogP contribution in [0.15, 0.2) is 48.5 Å². The number of nitro benzene ring substituents is 1. The van der Waals surface area contributed by atoms with Crippen molar-refractivity contribution in [3.05, 3.63) is 64.2 Å². The standard InChI is InChI=1S/C16H18N2O4/c17-10-3-11-21-14-6-8-15(9-7-14)22-12-13-4-1-2-5-16(13)18(19)20/h1-2,4-9H,3,10-12,17H2. The lowest BCUT2D eigenvalue weighted by atomic mass is 10.2. The first kappa shape index (κ1) is 15.8. The van der Waals surface area contributed by atoms with E-state index in [4.69, 9.17) is 15.2 Å². The van der Waals surface area contributed by atoms with E-state index in [0.717, 1.165) is 12.2 Å². The van der Waals surface area contributed by atoms with Gasteiger partial charge >= 0.3 is 0 Å². The third-order valence-corrected chi connectivity index (χ3v) is 3.02. The first-order valence-corrected chi connectivity index (χ1v) is 6.98. The van der Waals surface area contributed by atoms with Crippen LogP contribution in [0, 0.1) is 10.1 Å². The third-order valence-electron chi connectivity index (χ3n) is 3.02. The molecule has 0 aliphatic rings. The highest BCUT2D eigenvalue weighted by Gasteiger charge is 2.12. The molecule has 0 amide bonds. The monoisotopic (exact) mass is 302 g/mol. The summed E-state index contributed by atoms with van der Waals surface area (Å²) in [6, 6.07) is 13.7. The predicted molar refractivity (Wildman–Crippen MR) is 83.0 cm³/mol. The van der Waals surface area contributed by atoms with Crippen LogP contribution in [-0.2, 0) is 6.61 Å². The quantitative estimate of drug-likeness (QED) is 0.460. The van der Waals surface area contributed by atoms with Crippen molar-refractivity contribution >= 4 is 5.69 Å². The van der Waals surface area contributed by atoms with Gasteiger partial charge < -0.3 is 15.2 Å². The highest BCUT2D eigenvalue weighted by Crippen LogP contribution is 2.22. The lowest BCUT2D eigenvalue weighted by Crippen LogP contribution is -2.06. The van der Waals surface area contributed by atoms with E-state index in [1.165, 1.54) is 6.07 Å². The van der Waals surface area contributed by atoms with Gasteiger partial charge in [0.05, 0.1) is 17.1 Å². The van der Waals surface area contributed by atoms with Crippen molar-refractivity contribution in [1.82, 2.24) is 0 Å². The molecule has 0 radical (unpaired) electrons. The van der Waals surface area contributed by atoms with Crippen molar-refractivity contribution in [2.45, 2.75) is 13.0 Å². The van der Waals surface area contributed by atoms with Crippen LogP contribution >= 0.6 is 0 Å². The van der Waals surface area contributed by atoms with Crippen molar-refractivity contribution in [1.29, 1.82) is 0 Å². The van der Waals surface area contributed by atoms with Crippen LogP contribution in [0.2, 0.25) is 0 Å². The van der Waals surface area contributed by atoms with Crippen molar-refractivity contribution < 1.29 is 14.4 Å². The molecular formula is C16H18N2O4. The molecule has 2 aromatic rings. The first-order valence-electron chi connectivity index (χ1n) is 6.98. The van der Waals surface area contributed by atoms with Gasteiger partial charge in [0.1, 0.15) is 18.1 Å². The maximum absolute atomic E-state index is 10.9. The Hall–Kier alpha value is -2.60. The van der Waals surface area contributed by atoms with Crippen LogP contribution in [0.4, 0.5) is 5.69 Å². The summed E-state index contributed by atoms with van der Waals surface area (Å²) in [6.45, 7) is 1.31. The maximum atomic E-state index is 10.9. The molecule has 0 heterocycles. The van der Waals surface area contributed by atoms with Crippen LogP contribution < -0.4 is 15.2 Å². The Morgan fingerprint density at radius 1 is 1.00 bits per heavy atom. The summed E-state index contributed by atoms with van der Waals surface area (Å²) in [5, 5.41) is 10.9. The van der Waals surface area contributed by atoms with Crippen molar-refractivity contribution in [2.24, 2.45) is 5.73 Å². The summed E-state index contributed by atoms with van der Waals surface area (Å²) in [6.07, 6.45) is 0.802. The van der Waals surface area contributed by atoms with Crippen LogP contribution in [0.1, 0.15) is 12.0 Å². The average Bonchev–Trinajstić information content (AvgIpc) is 2.54. The Bertz CT molecular complexity index is 614. The average molecular weight is 302 g/mol. The van der Waals surface area contributed by atoms with Gasteiger partial charge in [-0.25, -0.2) is 0 Å². The minimum atomic E-state index is -0.410. The summed E-state index contributed by atoms with van der Waals surface area (Å²) in [5.74, 6) is 1.37. The fourth-order valence-electron chi connectivity index (χ4n) is 1.88. The zero-order valence-corrected chi connectivity index (χ0v) is 12.1. The van der Waals surface area contributed by atoms with Gasteiger partial charge in [-0.05, 0) is 43.3 Å². The molecule has 2 aromatic carbocycles. The number of nitrogens with zero attached hydrogens (tertiary/aromatic N) is 1. The maximum Gasteiger partial charge on any atom is 0.276 e. The number of benzene rings is 2. The van der Waals surface area contributed by atoms with Crippen LogP contribution in [0.5, 0.6) is 11.5 Å². The molecule has 116 valence electrons. The normalized spacial score (nSPS) is 10.2. The second-order valence-corrected chi connectivity index (χ2v) is 4.64. The molecule has 0 atom stereocenters. The number of ether oxygens (including phenoxy) is 2. The van der Waals surface area contributed by atoms with Gasteiger partial charge in [0.2, 0.25) is 0 Å². The zero-order chi connectivity index (χ0) is 15.8. The minimum absolute atomic E-state index is 0.0595. The fraction of sp³-hybridized carbons (Fsp3) is 0.250. The molecule has 0 unspecified atom stereocenters. The molecule has 0 spiro atoms. The summed E-state index contributed by atoms with van der Waals surface area (Å²) < 4.78 is 11.1. The van der Waals surface area contributed by atoms with Gasteiger partial charge in [-0.15, -0.1) is 0 Å². The molecule has 6 nitrogen and oxygen atoms in total. The SMILES string of the molecule is NCCCOc1ccc(OCc2ccccc2[N+](=O)[O-])cc1. The van der Waals surface area contributed by atoms with Crippen molar-refractivity contribution in [2.75, 3.05) is 13.2 Å². The van der Waals surface area contributed by atoms with Crippen molar-refractivity contribution in [3.8, 4) is 11.5 Å². The summed E-state index contributed by atoms with van der Waals surface area (Å²) >= 11 is 0. The number of para-hydroxylation sites is 1. The largest absolute Gasteiger partial charge is 0.494 e. The second kappa shape index (κ2) is 7.99. The van der Waals surface area contributed by atoms with E-state index in [2.05, 4.69) is 0 Å². The number of hydrogen-bond donors (Lipinski definition) is 1. The van der Waals surface area contributed by atoms with Crippen LogP contribution in [0.3, 0.4) is 0 Å². The zero-order valence-electron chi connectivity index (χ0n) is 12.1. The molecule has 2 N–H and O–H groups in total. The lowest BCUT2D eigenvalue weighted by Gasteiger charge is -2.08. The third kappa shape index (κ3) is 4.46. The van der Waals surface area contributed by atoms with Gasteiger partial charge in [-0.2, -0.15) is 0 Å². The molecule has 0 saturated heterocycles. The van der Waals surface area contributed by atoms with E-state index < -0.39 is 4.92 Å². The Labute approximate surface area is 128 Å². The summed E-state index contributed by atoms with van der Waals surface area (Å²) in [4.78, 5) is 10.5. The summed E-state index contributed by atoms with van der Waals surface area (Å²) in [5.41, 5.74) is 5.99. The molecule has 0 fully saturated rings. The van der Waals surface area contributed by atoms with Gasteiger partial charge in [0.25, 0.3) is 5.69 Å². The molecule has 2 rings (SSSR count). The van der Waals surface area contributed by atoms with Crippen LogP contribution in [0.25, 0.3) is 0 Å². The number of hydrogen-bond acceptors (Lipinski definition) is 5. The van der Waals surface area contributed by atoms with Crippen LogP contribution in [-0.4, -0.2) is 18.1 Å². The topological polar surface area (TPSA) is 87.6 Å². The van der Waals surface area contributed by atoms with Gasteiger partial charge in [-0.3, -0.25) is 10.1 Å². The second-order valence-electron chi connectivity index (χ2n) is 4.64. The molecular weight excluding hydrogens is 284 g/mol. The van der Waals surface area contributed by atoms with E-state index in [1.807, 2.05) is 0 Å². The highest BCUT2D eigenvalue weighted by atomic mass is 16.6. The van der Waals surface area contributed by atoms with E-state index in [9.17, 15) is 10.1 Å². The van der Waals surface area contributed by atoms with E-state index >= 15 is 0 Å². The van der Waals surface area contributed by atoms with E-state index in [1.54, 1.807) is 42.5 Å². The molecule has 0 aliphatic heterocycles. The van der Waals surface area contributed by atoms with Gasteiger partial charge in [-0.1, -0.05) is 12.1 Å². The molecule has 22 heavy (non-hydrogen) atoms. The van der Waals surface area contributed by atoms with Crippen molar-refractivity contribution in [3.63, 3.8) is 0 Å². The smallest absolute Gasteiger partial charge is 0.276 e. The Balaban J connectivity index is 1.93. The molecule has 0 aromatic heterocycles. The Morgan fingerprint density at radius 2 is 1.64 bits per heavy atom. The molecule has 0 saturated carbocycles.